The second-order valence-electron chi connectivity index (χ2n) is 8.28. The fraction of sp³-hybridized carbons (Fsp3) is 1.00. The molecule has 0 spiro atoms. The average molecular weight is 296 g/mol. The number of ether oxygens (including phenoxy) is 3. The molecule has 3 aliphatic rings. The van der Waals surface area contributed by atoms with E-state index in [0.29, 0.717) is 12.0 Å². The van der Waals surface area contributed by atoms with Gasteiger partial charge in [0.15, 0.2) is 6.29 Å². The van der Waals surface area contributed by atoms with E-state index in [2.05, 4.69) is 34.6 Å². The summed E-state index contributed by atoms with van der Waals surface area (Å²) in [6, 6.07) is 0. The van der Waals surface area contributed by atoms with Crippen molar-refractivity contribution in [3.05, 3.63) is 0 Å². The monoisotopic (exact) mass is 296 g/mol. The highest BCUT2D eigenvalue weighted by atomic mass is 16.8. The number of methoxy groups -OCH3 is 1. The van der Waals surface area contributed by atoms with Gasteiger partial charge in [0.05, 0.1) is 12.7 Å². The Balaban J connectivity index is 1.97. The first kappa shape index (κ1) is 15.8. The lowest BCUT2D eigenvalue weighted by Crippen LogP contribution is -2.62. The topological polar surface area (TPSA) is 27.7 Å². The van der Waals surface area contributed by atoms with E-state index in [-0.39, 0.29) is 23.4 Å². The molecule has 1 saturated heterocycles. The van der Waals surface area contributed by atoms with Gasteiger partial charge in [0.1, 0.15) is 5.60 Å². The van der Waals surface area contributed by atoms with Gasteiger partial charge in [-0.05, 0) is 55.3 Å². The predicted octanol–water partition coefficient (Wildman–Crippen LogP) is 4.01. The molecule has 0 aromatic rings. The summed E-state index contributed by atoms with van der Waals surface area (Å²) >= 11 is 0. The van der Waals surface area contributed by atoms with Gasteiger partial charge in [-0.25, -0.2) is 0 Å². The van der Waals surface area contributed by atoms with E-state index in [4.69, 9.17) is 14.2 Å². The molecule has 21 heavy (non-hydrogen) atoms. The van der Waals surface area contributed by atoms with Crippen molar-refractivity contribution in [2.45, 2.75) is 78.3 Å². The molecule has 3 rings (SSSR count). The van der Waals surface area contributed by atoms with Crippen molar-refractivity contribution in [1.82, 2.24) is 0 Å². The van der Waals surface area contributed by atoms with Crippen LogP contribution in [0.1, 0.15) is 60.3 Å². The molecule has 1 heterocycles. The zero-order valence-electron chi connectivity index (χ0n) is 14.6. The first-order chi connectivity index (χ1) is 9.81. The third-order valence-corrected chi connectivity index (χ3v) is 7.55. The van der Waals surface area contributed by atoms with Crippen LogP contribution < -0.4 is 0 Å². The quantitative estimate of drug-likeness (QED) is 0.787. The van der Waals surface area contributed by atoms with E-state index in [9.17, 15) is 0 Å². The Morgan fingerprint density at radius 3 is 2.52 bits per heavy atom. The second-order valence-corrected chi connectivity index (χ2v) is 8.28. The van der Waals surface area contributed by atoms with Crippen molar-refractivity contribution in [2.24, 2.45) is 22.7 Å². The Kier molecular flexibility index (Phi) is 3.71. The van der Waals surface area contributed by atoms with Crippen LogP contribution in [0.3, 0.4) is 0 Å². The third kappa shape index (κ3) is 1.90. The number of rotatable bonds is 3. The van der Waals surface area contributed by atoms with Gasteiger partial charge in [-0.2, -0.15) is 0 Å². The minimum Gasteiger partial charge on any atom is -0.379 e. The standard InChI is InChI=1S/C18H32O3/c1-7-18-10-14-17(5,21-15(20-14)11-19-6)16(3,4)13(18)9-8-12(18)2/h12-15H,7-11H2,1-6H3/t12-,13+,14+,15-,17+,18-/m1/s1. The number of hydrogen-bond donors (Lipinski definition) is 0. The lowest BCUT2D eigenvalue weighted by molar-refractivity contribution is -0.186. The molecule has 2 aliphatic carbocycles. The van der Waals surface area contributed by atoms with Crippen molar-refractivity contribution in [1.29, 1.82) is 0 Å². The Hall–Kier alpha value is -0.120. The molecule has 0 bridgehead atoms. The smallest absolute Gasteiger partial charge is 0.182 e. The van der Waals surface area contributed by atoms with Gasteiger partial charge in [0.2, 0.25) is 0 Å². The molecule has 2 saturated carbocycles. The van der Waals surface area contributed by atoms with Crippen LogP contribution in [0.25, 0.3) is 0 Å². The molecule has 0 radical (unpaired) electrons. The Labute approximate surface area is 129 Å². The summed E-state index contributed by atoms with van der Waals surface area (Å²) < 4.78 is 17.9. The van der Waals surface area contributed by atoms with Crippen LogP contribution >= 0.6 is 0 Å². The zero-order valence-corrected chi connectivity index (χ0v) is 14.6. The van der Waals surface area contributed by atoms with E-state index in [1.165, 1.54) is 19.3 Å². The second kappa shape index (κ2) is 4.94. The largest absolute Gasteiger partial charge is 0.379 e. The molecule has 3 nitrogen and oxygen atoms in total. The molecular formula is C18H32O3. The van der Waals surface area contributed by atoms with E-state index < -0.39 is 0 Å². The molecule has 1 aliphatic heterocycles. The minimum absolute atomic E-state index is 0.138. The molecular weight excluding hydrogens is 264 g/mol. The molecule has 3 fully saturated rings. The third-order valence-electron chi connectivity index (χ3n) is 7.55. The summed E-state index contributed by atoms with van der Waals surface area (Å²) in [5.41, 5.74) is 0.377. The first-order valence-electron chi connectivity index (χ1n) is 8.64. The fourth-order valence-corrected chi connectivity index (χ4v) is 5.90. The molecule has 6 atom stereocenters. The number of hydrogen-bond acceptors (Lipinski definition) is 3. The molecule has 0 amide bonds. The summed E-state index contributed by atoms with van der Waals surface area (Å²) in [7, 11) is 1.71. The maximum atomic E-state index is 6.39. The van der Waals surface area contributed by atoms with E-state index >= 15 is 0 Å². The highest BCUT2D eigenvalue weighted by molar-refractivity contribution is 5.16. The van der Waals surface area contributed by atoms with Crippen molar-refractivity contribution >= 4 is 0 Å². The Morgan fingerprint density at radius 2 is 1.90 bits per heavy atom. The van der Waals surface area contributed by atoms with Crippen LogP contribution in [-0.4, -0.2) is 31.7 Å². The molecule has 0 unspecified atom stereocenters. The molecule has 3 heteroatoms. The lowest BCUT2D eigenvalue weighted by Gasteiger charge is -2.59. The van der Waals surface area contributed by atoms with Crippen LogP contribution in [-0.2, 0) is 14.2 Å². The van der Waals surface area contributed by atoms with E-state index in [0.717, 1.165) is 18.3 Å². The highest BCUT2D eigenvalue weighted by Gasteiger charge is 2.68. The molecule has 0 aromatic carbocycles. The molecule has 0 N–H and O–H groups in total. The van der Waals surface area contributed by atoms with Gasteiger partial charge in [-0.15, -0.1) is 0 Å². The maximum absolute atomic E-state index is 6.39. The molecule has 122 valence electrons. The van der Waals surface area contributed by atoms with Crippen LogP contribution in [0.5, 0.6) is 0 Å². The predicted molar refractivity (Wildman–Crippen MR) is 83.0 cm³/mol. The Morgan fingerprint density at radius 1 is 1.19 bits per heavy atom. The lowest BCUT2D eigenvalue weighted by atomic mass is 9.48. The normalized spacial score (nSPS) is 51.7. The summed E-state index contributed by atoms with van der Waals surface area (Å²) in [6.45, 7) is 12.4. The van der Waals surface area contributed by atoms with Gasteiger partial charge in [0.25, 0.3) is 0 Å². The Bertz CT molecular complexity index is 407. The van der Waals surface area contributed by atoms with Gasteiger partial charge in [-0.3, -0.25) is 0 Å². The van der Waals surface area contributed by atoms with Crippen LogP contribution in [0, 0.1) is 22.7 Å². The summed E-state index contributed by atoms with van der Waals surface area (Å²) in [4.78, 5) is 0. The average Bonchev–Trinajstić information content (AvgIpc) is 2.91. The van der Waals surface area contributed by atoms with E-state index in [1.807, 2.05) is 0 Å². The van der Waals surface area contributed by atoms with Gasteiger partial charge in [-0.1, -0.05) is 27.7 Å². The van der Waals surface area contributed by atoms with Crippen LogP contribution in [0.2, 0.25) is 0 Å². The summed E-state index contributed by atoms with van der Waals surface area (Å²) in [5, 5.41) is 0. The van der Waals surface area contributed by atoms with Gasteiger partial charge in [0, 0.05) is 7.11 Å². The first-order valence-corrected chi connectivity index (χ1v) is 8.64. The minimum atomic E-state index is -0.202. The van der Waals surface area contributed by atoms with Crippen molar-refractivity contribution < 1.29 is 14.2 Å². The van der Waals surface area contributed by atoms with Crippen molar-refractivity contribution in [2.75, 3.05) is 13.7 Å². The van der Waals surface area contributed by atoms with Crippen molar-refractivity contribution in [3.63, 3.8) is 0 Å². The van der Waals surface area contributed by atoms with Gasteiger partial charge >= 0.3 is 0 Å². The highest BCUT2D eigenvalue weighted by Crippen LogP contribution is 2.68. The van der Waals surface area contributed by atoms with E-state index in [1.54, 1.807) is 7.11 Å². The van der Waals surface area contributed by atoms with Crippen molar-refractivity contribution in [3.8, 4) is 0 Å². The summed E-state index contributed by atoms with van der Waals surface area (Å²) in [6.07, 6.45) is 5.09. The SMILES string of the molecule is CC[C@]12C[C@@H]3O[C@@H](COC)O[C@]3(C)C(C)(C)[C@@H]1CC[C@H]2C. The van der Waals surface area contributed by atoms with Crippen LogP contribution in [0.15, 0.2) is 0 Å². The fourth-order valence-electron chi connectivity index (χ4n) is 5.90. The van der Waals surface area contributed by atoms with Crippen LogP contribution in [0.4, 0.5) is 0 Å². The molecule has 0 aromatic heterocycles. The summed E-state index contributed by atoms with van der Waals surface area (Å²) in [5.74, 6) is 1.53. The zero-order chi connectivity index (χ0) is 15.5. The maximum Gasteiger partial charge on any atom is 0.182 e. The van der Waals surface area contributed by atoms with Gasteiger partial charge < -0.3 is 14.2 Å². The number of fused-ring (bicyclic) bond motifs is 2.